The number of alkyl halides is 3. The molecule has 1 fully saturated rings. The quantitative estimate of drug-likeness (QED) is 0.795. The molecular formula is C17H17F3N2O. The highest BCUT2D eigenvalue weighted by molar-refractivity contribution is 5.89. The average Bonchev–Trinajstić information content (AvgIpc) is 2.86. The van der Waals surface area contributed by atoms with E-state index in [1.165, 1.54) is 11.6 Å². The standard InChI is InChI=1S/C17H17F3N2O/c1-22-15-8-14-10(9-4-2-3-5-13(9)21-14)6-11(15)12(7-16(22)23)17(18,19)20/h6-9,13,21H,2-5H2,1H3/t9-,13-/m1/s1. The van der Waals surface area contributed by atoms with E-state index in [0.717, 1.165) is 36.9 Å². The smallest absolute Gasteiger partial charge is 0.381 e. The summed E-state index contributed by atoms with van der Waals surface area (Å²) in [5.74, 6) is 0.279. The SMILES string of the molecule is Cn1c(=O)cc(C(F)(F)F)c2cc3c(cc21)N[C@@H]1CCCC[C@H]31. The number of nitrogens with one attached hydrogen (secondary N) is 1. The Kier molecular flexibility index (Phi) is 3.02. The van der Waals surface area contributed by atoms with Gasteiger partial charge in [0.25, 0.3) is 5.56 Å². The zero-order valence-electron chi connectivity index (χ0n) is 12.7. The van der Waals surface area contributed by atoms with Gasteiger partial charge in [0.1, 0.15) is 0 Å². The number of nitrogens with zero attached hydrogens (tertiary/aromatic N) is 1. The summed E-state index contributed by atoms with van der Waals surface area (Å²) >= 11 is 0. The maximum atomic E-state index is 13.4. The molecule has 0 spiro atoms. The summed E-state index contributed by atoms with van der Waals surface area (Å²) in [6.07, 6.45) is -0.227. The predicted octanol–water partition coefficient (Wildman–Crippen LogP) is 4.01. The van der Waals surface area contributed by atoms with Crippen LogP contribution in [0.2, 0.25) is 0 Å². The molecule has 2 atom stereocenters. The summed E-state index contributed by atoms with van der Waals surface area (Å²) in [6.45, 7) is 0. The van der Waals surface area contributed by atoms with Gasteiger partial charge in [0.15, 0.2) is 0 Å². The van der Waals surface area contributed by atoms with Crippen molar-refractivity contribution in [3.05, 3.63) is 39.7 Å². The lowest BCUT2D eigenvalue weighted by molar-refractivity contribution is -0.136. The topological polar surface area (TPSA) is 34.0 Å². The van der Waals surface area contributed by atoms with Crippen LogP contribution < -0.4 is 10.9 Å². The van der Waals surface area contributed by atoms with E-state index in [1.54, 1.807) is 12.1 Å². The molecule has 6 heteroatoms. The number of aromatic nitrogens is 1. The maximum absolute atomic E-state index is 13.4. The molecule has 0 saturated heterocycles. The van der Waals surface area contributed by atoms with Gasteiger partial charge in [-0.3, -0.25) is 4.79 Å². The van der Waals surface area contributed by atoms with Crippen molar-refractivity contribution < 1.29 is 13.2 Å². The van der Waals surface area contributed by atoms with Gasteiger partial charge in [-0.1, -0.05) is 12.8 Å². The number of anilines is 1. The molecule has 1 aromatic carbocycles. The van der Waals surface area contributed by atoms with Crippen molar-refractivity contribution in [1.82, 2.24) is 4.57 Å². The molecule has 1 aliphatic heterocycles. The molecular weight excluding hydrogens is 305 g/mol. The fourth-order valence-electron chi connectivity index (χ4n) is 4.06. The van der Waals surface area contributed by atoms with Gasteiger partial charge in [-0.05, 0) is 30.5 Å². The Bertz CT molecular complexity index is 854. The van der Waals surface area contributed by atoms with Gasteiger partial charge in [-0.2, -0.15) is 13.2 Å². The number of pyridine rings is 1. The number of aryl methyl sites for hydroxylation is 1. The van der Waals surface area contributed by atoms with E-state index in [-0.39, 0.29) is 11.3 Å². The van der Waals surface area contributed by atoms with Gasteiger partial charge in [0.2, 0.25) is 0 Å². The molecule has 1 aliphatic carbocycles. The fourth-order valence-corrected chi connectivity index (χ4v) is 4.06. The van der Waals surface area contributed by atoms with Crippen LogP contribution in [-0.4, -0.2) is 10.6 Å². The van der Waals surface area contributed by atoms with E-state index in [1.807, 2.05) is 0 Å². The van der Waals surface area contributed by atoms with Gasteiger partial charge in [-0.15, -0.1) is 0 Å². The van der Waals surface area contributed by atoms with Crippen molar-refractivity contribution in [2.75, 3.05) is 5.32 Å². The van der Waals surface area contributed by atoms with Crippen LogP contribution in [-0.2, 0) is 13.2 Å². The van der Waals surface area contributed by atoms with Crippen LogP contribution >= 0.6 is 0 Å². The Hall–Kier alpha value is -1.98. The molecule has 2 heterocycles. The zero-order valence-corrected chi connectivity index (χ0v) is 12.7. The lowest BCUT2D eigenvalue weighted by atomic mass is 9.82. The van der Waals surface area contributed by atoms with Gasteiger partial charge < -0.3 is 9.88 Å². The third kappa shape index (κ3) is 2.15. The van der Waals surface area contributed by atoms with Crippen molar-refractivity contribution in [3.8, 4) is 0 Å². The first-order chi connectivity index (χ1) is 10.9. The second kappa shape index (κ2) is 4.76. The fraction of sp³-hybridized carbons (Fsp3) is 0.471. The zero-order chi connectivity index (χ0) is 16.4. The Morgan fingerprint density at radius 2 is 1.91 bits per heavy atom. The minimum absolute atomic E-state index is 0.117. The van der Waals surface area contributed by atoms with Gasteiger partial charge >= 0.3 is 6.18 Å². The lowest BCUT2D eigenvalue weighted by Crippen LogP contribution is -2.23. The molecule has 2 aliphatic rings. The highest BCUT2D eigenvalue weighted by Gasteiger charge is 2.37. The molecule has 0 amide bonds. The summed E-state index contributed by atoms with van der Waals surface area (Å²) in [6, 6.07) is 4.37. The Morgan fingerprint density at radius 1 is 1.17 bits per heavy atom. The van der Waals surface area contributed by atoms with E-state index in [9.17, 15) is 18.0 Å². The molecule has 23 heavy (non-hydrogen) atoms. The maximum Gasteiger partial charge on any atom is 0.417 e. The molecule has 0 radical (unpaired) electrons. The van der Waals surface area contributed by atoms with Crippen LogP contribution in [0.25, 0.3) is 10.9 Å². The van der Waals surface area contributed by atoms with Crippen molar-refractivity contribution in [2.45, 2.75) is 43.8 Å². The molecule has 1 N–H and O–H groups in total. The van der Waals surface area contributed by atoms with Crippen molar-refractivity contribution in [2.24, 2.45) is 7.05 Å². The van der Waals surface area contributed by atoms with Crippen LogP contribution in [0.4, 0.5) is 18.9 Å². The molecule has 0 bridgehead atoms. The van der Waals surface area contributed by atoms with Crippen molar-refractivity contribution >= 4 is 16.6 Å². The highest BCUT2D eigenvalue weighted by atomic mass is 19.4. The van der Waals surface area contributed by atoms with Crippen molar-refractivity contribution in [1.29, 1.82) is 0 Å². The third-order valence-electron chi connectivity index (χ3n) is 5.23. The lowest BCUT2D eigenvalue weighted by Gasteiger charge is -2.25. The summed E-state index contributed by atoms with van der Waals surface area (Å²) < 4.78 is 41.3. The molecule has 4 rings (SSSR count). The third-order valence-corrected chi connectivity index (χ3v) is 5.23. The van der Waals surface area contributed by atoms with E-state index < -0.39 is 17.3 Å². The van der Waals surface area contributed by atoms with Gasteiger partial charge in [0.05, 0.1) is 11.1 Å². The summed E-state index contributed by atoms with van der Waals surface area (Å²) in [5.41, 5.74) is 0.697. The van der Waals surface area contributed by atoms with Crippen LogP contribution in [0.3, 0.4) is 0 Å². The molecule has 1 aromatic heterocycles. The monoisotopic (exact) mass is 322 g/mol. The largest absolute Gasteiger partial charge is 0.417 e. The van der Waals surface area contributed by atoms with Gasteiger partial charge in [-0.25, -0.2) is 0 Å². The van der Waals surface area contributed by atoms with Crippen LogP contribution in [0.15, 0.2) is 23.0 Å². The van der Waals surface area contributed by atoms with E-state index in [2.05, 4.69) is 5.32 Å². The first-order valence-corrected chi connectivity index (χ1v) is 7.87. The second-order valence-corrected chi connectivity index (χ2v) is 6.55. The summed E-state index contributed by atoms with van der Waals surface area (Å²) in [4.78, 5) is 11.9. The van der Waals surface area contributed by atoms with E-state index in [0.29, 0.717) is 17.6 Å². The second-order valence-electron chi connectivity index (χ2n) is 6.55. The molecule has 0 unspecified atom stereocenters. The normalized spacial score (nSPS) is 23.5. The predicted molar refractivity (Wildman–Crippen MR) is 82.8 cm³/mol. The number of hydrogen-bond donors (Lipinski definition) is 1. The number of halogens is 3. The molecule has 2 aromatic rings. The molecule has 3 nitrogen and oxygen atoms in total. The molecule has 122 valence electrons. The van der Waals surface area contributed by atoms with Gasteiger partial charge in [0, 0.05) is 36.1 Å². The first-order valence-electron chi connectivity index (χ1n) is 7.87. The van der Waals surface area contributed by atoms with E-state index in [4.69, 9.17) is 0 Å². The van der Waals surface area contributed by atoms with Crippen LogP contribution in [0, 0.1) is 0 Å². The number of rotatable bonds is 0. The minimum Gasteiger partial charge on any atom is -0.381 e. The van der Waals surface area contributed by atoms with Crippen molar-refractivity contribution in [3.63, 3.8) is 0 Å². The Balaban J connectivity index is 2.01. The minimum atomic E-state index is -4.53. The first kappa shape index (κ1) is 14.6. The number of fused-ring (bicyclic) bond motifs is 4. The molecule has 1 saturated carbocycles. The highest BCUT2D eigenvalue weighted by Crippen LogP contribution is 2.46. The van der Waals surface area contributed by atoms with E-state index >= 15 is 0 Å². The summed E-state index contributed by atoms with van der Waals surface area (Å²) in [7, 11) is 1.51. The Labute approximate surface area is 131 Å². The summed E-state index contributed by atoms with van der Waals surface area (Å²) in [5, 5.41) is 3.55. The Morgan fingerprint density at radius 3 is 2.65 bits per heavy atom. The van der Waals surface area contributed by atoms with Crippen LogP contribution in [0.5, 0.6) is 0 Å². The van der Waals surface area contributed by atoms with Crippen LogP contribution in [0.1, 0.15) is 42.7 Å². The average molecular weight is 322 g/mol. The number of benzene rings is 1. The number of hydrogen-bond acceptors (Lipinski definition) is 2.